The standard InChI is InChI=1S/C17H26O2Si/c1-12-10-14(19-20(6,7)17(3,4)5)11-16-15(12)9-8-13(2)18-16/h8,10-11H,9H2,1-7H3. The molecule has 0 saturated heterocycles. The lowest BCUT2D eigenvalue weighted by molar-refractivity contribution is 0.407. The van der Waals surface area contributed by atoms with Crippen molar-refractivity contribution < 1.29 is 9.16 Å². The summed E-state index contributed by atoms with van der Waals surface area (Å²) in [7, 11) is -1.80. The molecule has 110 valence electrons. The summed E-state index contributed by atoms with van der Waals surface area (Å²) in [5.41, 5.74) is 2.53. The molecule has 20 heavy (non-hydrogen) atoms. The van der Waals surface area contributed by atoms with Crippen LogP contribution in [0.5, 0.6) is 11.5 Å². The van der Waals surface area contributed by atoms with E-state index in [4.69, 9.17) is 9.16 Å². The minimum absolute atomic E-state index is 0.202. The van der Waals surface area contributed by atoms with Crippen LogP contribution in [0, 0.1) is 6.92 Å². The van der Waals surface area contributed by atoms with Crippen LogP contribution in [0.4, 0.5) is 0 Å². The van der Waals surface area contributed by atoms with Crippen LogP contribution in [0.3, 0.4) is 0 Å². The van der Waals surface area contributed by atoms with E-state index in [9.17, 15) is 0 Å². The van der Waals surface area contributed by atoms with Gasteiger partial charge in [0.25, 0.3) is 0 Å². The molecule has 0 N–H and O–H groups in total. The molecule has 1 aliphatic rings. The first-order valence-corrected chi connectivity index (χ1v) is 10.2. The molecule has 0 aromatic heterocycles. The number of hydrogen-bond donors (Lipinski definition) is 0. The zero-order chi connectivity index (χ0) is 15.1. The van der Waals surface area contributed by atoms with Crippen LogP contribution >= 0.6 is 0 Å². The van der Waals surface area contributed by atoms with E-state index in [0.717, 1.165) is 23.7 Å². The van der Waals surface area contributed by atoms with E-state index >= 15 is 0 Å². The quantitative estimate of drug-likeness (QED) is 0.695. The van der Waals surface area contributed by atoms with Crippen LogP contribution in [0.1, 0.15) is 38.8 Å². The SMILES string of the molecule is CC1=CCc2c(C)cc(O[Si](C)(C)C(C)(C)C)cc2O1. The lowest BCUT2D eigenvalue weighted by Gasteiger charge is -2.36. The maximum Gasteiger partial charge on any atom is 0.250 e. The van der Waals surface area contributed by atoms with E-state index in [1.165, 1.54) is 11.1 Å². The monoisotopic (exact) mass is 290 g/mol. The fourth-order valence-electron chi connectivity index (χ4n) is 2.07. The third kappa shape index (κ3) is 2.93. The Morgan fingerprint density at radius 1 is 1.15 bits per heavy atom. The number of allylic oxidation sites excluding steroid dienone is 2. The minimum Gasteiger partial charge on any atom is -0.543 e. The summed E-state index contributed by atoms with van der Waals surface area (Å²) < 4.78 is 12.2. The summed E-state index contributed by atoms with van der Waals surface area (Å²) in [6, 6.07) is 4.20. The molecule has 0 fully saturated rings. The molecule has 1 aliphatic heterocycles. The minimum atomic E-state index is -1.80. The summed E-state index contributed by atoms with van der Waals surface area (Å²) in [4.78, 5) is 0. The average molecular weight is 290 g/mol. The number of rotatable bonds is 2. The van der Waals surface area contributed by atoms with Gasteiger partial charge in [0.2, 0.25) is 8.32 Å². The highest BCUT2D eigenvalue weighted by molar-refractivity contribution is 6.74. The Labute approximate surface area is 123 Å². The van der Waals surface area contributed by atoms with Gasteiger partial charge in [0.05, 0.1) is 5.76 Å². The van der Waals surface area contributed by atoms with Crippen molar-refractivity contribution in [1.29, 1.82) is 0 Å². The molecule has 3 heteroatoms. The molecular weight excluding hydrogens is 264 g/mol. The van der Waals surface area contributed by atoms with E-state index in [0.29, 0.717) is 0 Å². The predicted octanol–water partition coefficient (Wildman–Crippen LogP) is 5.22. The molecule has 0 saturated carbocycles. The maximum absolute atomic E-state index is 6.39. The van der Waals surface area contributed by atoms with Crippen molar-refractivity contribution in [1.82, 2.24) is 0 Å². The second-order valence-corrected chi connectivity index (χ2v) is 11.9. The van der Waals surface area contributed by atoms with E-state index < -0.39 is 8.32 Å². The molecule has 1 heterocycles. The van der Waals surface area contributed by atoms with Gasteiger partial charge in [-0.2, -0.15) is 0 Å². The van der Waals surface area contributed by atoms with Crippen LogP contribution in [-0.2, 0) is 6.42 Å². The molecule has 0 spiro atoms. The predicted molar refractivity (Wildman–Crippen MR) is 87.1 cm³/mol. The molecule has 0 radical (unpaired) electrons. The highest BCUT2D eigenvalue weighted by Gasteiger charge is 2.39. The molecule has 2 rings (SSSR count). The van der Waals surface area contributed by atoms with Gasteiger partial charge in [0.1, 0.15) is 11.5 Å². The van der Waals surface area contributed by atoms with Crippen LogP contribution < -0.4 is 9.16 Å². The highest BCUT2D eigenvalue weighted by atomic mass is 28.4. The van der Waals surface area contributed by atoms with Crippen molar-refractivity contribution in [2.75, 3.05) is 0 Å². The van der Waals surface area contributed by atoms with Crippen molar-refractivity contribution in [3.8, 4) is 11.5 Å². The summed E-state index contributed by atoms with van der Waals surface area (Å²) in [5.74, 6) is 2.88. The average Bonchev–Trinajstić information content (AvgIpc) is 2.25. The molecule has 0 amide bonds. The van der Waals surface area contributed by atoms with Gasteiger partial charge < -0.3 is 9.16 Å². The molecule has 1 aromatic rings. The van der Waals surface area contributed by atoms with Gasteiger partial charge in [-0.3, -0.25) is 0 Å². The molecule has 2 nitrogen and oxygen atoms in total. The second kappa shape index (κ2) is 4.96. The first kappa shape index (κ1) is 15.2. The van der Waals surface area contributed by atoms with Gasteiger partial charge in [-0.25, -0.2) is 0 Å². The van der Waals surface area contributed by atoms with Gasteiger partial charge in [-0.05, 0) is 56.1 Å². The number of fused-ring (bicyclic) bond motifs is 1. The first-order chi connectivity index (χ1) is 9.10. The van der Waals surface area contributed by atoms with Crippen LogP contribution in [0.2, 0.25) is 18.1 Å². The Hall–Kier alpha value is -1.22. The number of ether oxygens (including phenoxy) is 1. The largest absolute Gasteiger partial charge is 0.543 e. The summed E-state index contributed by atoms with van der Waals surface area (Å²) in [5, 5.41) is 0.202. The van der Waals surface area contributed by atoms with Crippen molar-refractivity contribution in [2.24, 2.45) is 0 Å². The molecule has 0 aliphatic carbocycles. The first-order valence-electron chi connectivity index (χ1n) is 7.27. The van der Waals surface area contributed by atoms with Crippen LogP contribution in [0.15, 0.2) is 24.0 Å². The fraction of sp³-hybridized carbons (Fsp3) is 0.529. The summed E-state index contributed by atoms with van der Waals surface area (Å²) >= 11 is 0. The van der Waals surface area contributed by atoms with Gasteiger partial charge in [0.15, 0.2) is 0 Å². The molecule has 0 unspecified atom stereocenters. The normalized spacial score (nSPS) is 15.2. The van der Waals surface area contributed by atoms with E-state index in [1.54, 1.807) is 0 Å². The Morgan fingerprint density at radius 3 is 2.40 bits per heavy atom. The zero-order valence-electron chi connectivity index (χ0n) is 13.8. The molecular formula is C17H26O2Si. The zero-order valence-corrected chi connectivity index (χ0v) is 14.8. The highest BCUT2D eigenvalue weighted by Crippen LogP contribution is 2.40. The third-order valence-electron chi connectivity index (χ3n) is 4.45. The molecule has 1 aromatic carbocycles. The summed E-state index contributed by atoms with van der Waals surface area (Å²) in [6.07, 6.45) is 3.08. The lowest BCUT2D eigenvalue weighted by Crippen LogP contribution is -2.43. The van der Waals surface area contributed by atoms with Crippen LogP contribution in [0.25, 0.3) is 0 Å². The molecule has 0 bridgehead atoms. The van der Waals surface area contributed by atoms with E-state index in [1.807, 2.05) is 6.92 Å². The van der Waals surface area contributed by atoms with E-state index in [-0.39, 0.29) is 5.04 Å². The molecule has 0 atom stereocenters. The maximum atomic E-state index is 6.39. The fourth-order valence-corrected chi connectivity index (χ4v) is 3.09. The lowest BCUT2D eigenvalue weighted by atomic mass is 10.0. The smallest absolute Gasteiger partial charge is 0.250 e. The van der Waals surface area contributed by atoms with Gasteiger partial charge in [-0.1, -0.05) is 20.8 Å². The third-order valence-corrected chi connectivity index (χ3v) is 8.81. The van der Waals surface area contributed by atoms with Crippen molar-refractivity contribution in [2.45, 2.75) is 59.2 Å². The summed E-state index contributed by atoms with van der Waals surface area (Å²) in [6.45, 7) is 15.5. The topological polar surface area (TPSA) is 18.5 Å². The van der Waals surface area contributed by atoms with Crippen LogP contribution in [-0.4, -0.2) is 8.32 Å². The van der Waals surface area contributed by atoms with Crippen molar-refractivity contribution in [3.05, 3.63) is 35.1 Å². The van der Waals surface area contributed by atoms with Gasteiger partial charge >= 0.3 is 0 Å². The second-order valence-electron chi connectivity index (χ2n) is 7.20. The van der Waals surface area contributed by atoms with E-state index in [2.05, 4.69) is 59.0 Å². The van der Waals surface area contributed by atoms with Gasteiger partial charge in [-0.15, -0.1) is 0 Å². The number of hydrogen-bond acceptors (Lipinski definition) is 2. The number of benzene rings is 1. The van der Waals surface area contributed by atoms with Gasteiger partial charge in [0, 0.05) is 11.6 Å². The Morgan fingerprint density at radius 2 is 1.80 bits per heavy atom. The Bertz CT molecular complexity index is 551. The number of aryl methyl sites for hydroxylation is 1. The van der Waals surface area contributed by atoms with Crippen molar-refractivity contribution in [3.63, 3.8) is 0 Å². The Kier molecular flexibility index (Phi) is 3.76. The van der Waals surface area contributed by atoms with Crippen molar-refractivity contribution >= 4 is 8.32 Å². The Balaban J connectivity index is 2.33.